The first-order valence-electron chi connectivity index (χ1n) is 10.2. The maximum atomic E-state index is 13.1. The highest BCUT2D eigenvalue weighted by Crippen LogP contribution is 2.69. The number of hydrogen-bond acceptors (Lipinski definition) is 3. The molecule has 3 aliphatic rings. The van der Waals surface area contributed by atoms with Crippen LogP contribution in [0.15, 0.2) is 48.8 Å². The second kappa shape index (κ2) is 6.82. The van der Waals surface area contributed by atoms with E-state index in [-0.39, 0.29) is 23.3 Å². The predicted octanol–water partition coefficient (Wildman–Crippen LogP) is 4.23. The highest BCUT2D eigenvalue weighted by molar-refractivity contribution is 6.05. The fraction of sp³-hybridized carbons (Fsp3) is 0.348. The average Bonchev–Trinajstić information content (AvgIpc) is 3.07. The number of fused-ring (bicyclic) bond motifs is 1. The zero-order chi connectivity index (χ0) is 22.7. The number of alkyl halides is 3. The summed E-state index contributed by atoms with van der Waals surface area (Å²) in [5.74, 6) is -1.07. The van der Waals surface area contributed by atoms with Gasteiger partial charge in [0.05, 0.1) is 28.6 Å². The molecule has 2 bridgehead atoms. The lowest BCUT2D eigenvalue weighted by Gasteiger charge is -2.70. The van der Waals surface area contributed by atoms with Crippen molar-refractivity contribution in [3.8, 4) is 0 Å². The summed E-state index contributed by atoms with van der Waals surface area (Å²) in [6.07, 6.45) is 1.04. The Morgan fingerprint density at radius 1 is 1.09 bits per heavy atom. The van der Waals surface area contributed by atoms with Gasteiger partial charge in [-0.1, -0.05) is 12.1 Å². The number of hydrogen-bond donors (Lipinski definition) is 2. The molecule has 1 amide bonds. The number of aromatic nitrogens is 2. The maximum Gasteiger partial charge on any atom is 0.416 e. The maximum absolute atomic E-state index is 13.1. The zero-order valence-corrected chi connectivity index (χ0v) is 16.9. The van der Waals surface area contributed by atoms with Gasteiger partial charge in [-0.2, -0.15) is 13.2 Å². The van der Waals surface area contributed by atoms with Gasteiger partial charge in [0.25, 0.3) is 5.91 Å². The zero-order valence-electron chi connectivity index (χ0n) is 16.9. The summed E-state index contributed by atoms with van der Waals surface area (Å²) < 4.78 is 40.3. The fourth-order valence-electron chi connectivity index (χ4n) is 5.39. The lowest BCUT2D eigenvalue weighted by molar-refractivity contribution is -0.172. The number of halogens is 3. The number of rotatable bonds is 6. The molecule has 1 aromatic carbocycles. The molecule has 3 fully saturated rings. The second-order valence-electron chi connectivity index (χ2n) is 9.07. The van der Waals surface area contributed by atoms with Crippen molar-refractivity contribution in [2.45, 2.75) is 43.9 Å². The van der Waals surface area contributed by atoms with E-state index in [2.05, 4.69) is 10.3 Å². The Balaban J connectivity index is 1.36. The Kier molecular flexibility index (Phi) is 4.38. The molecule has 2 N–H and O–H groups in total. The van der Waals surface area contributed by atoms with Crippen LogP contribution in [0.1, 0.15) is 47.2 Å². The molecule has 0 aliphatic heterocycles. The summed E-state index contributed by atoms with van der Waals surface area (Å²) in [6.45, 7) is 0.292. The molecular weight excluding hydrogens is 423 g/mol. The van der Waals surface area contributed by atoms with E-state index in [1.54, 1.807) is 29.1 Å². The summed E-state index contributed by atoms with van der Waals surface area (Å²) in [7, 11) is 0. The van der Waals surface area contributed by atoms with E-state index in [1.807, 2.05) is 0 Å². The van der Waals surface area contributed by atoms with Gasteiger partial charge in [0, 0.05) is 24.5 Å². The van der Waals surface area contributed by atoms with E-state index >= 15 is 0 Å². The molecule has 0 spiro atoms. The number of carboxylic acids is 1. The first-order chi connectivity index (χ1) is 15.1. The van der Waals surface area contributed by atoms with E-state index in [9.17, 15) is 22.8 Å². The molecule has 6 nitrogen and oxygen atoms in total. The Morgan fingerprint density at radius 2 is 1.78 bits per heavy atom. The van der Waals surface area contributed by atoms with E-state index in [0.29, 0.717) is 48.0 Å². The van der Waals surface area contributed by atoms with Gasteiger partial charge >= 0.3 is 12.1 Å². The monoisotopic (exact) mass is 443 g/mol. The summed E-state index contributed by atoms with van der Waals surface area (Å²) in [5, 5.41) is 12.1. The molecule has 0 radical (unpaired) electrons. The smallest absolute Gasteiger partial charge is 0.416 e. The van der Waals surface area contributed by atoms with E-state index in [0.717, 1.165) is 12.1 Å². The number of carbonyl (C=O) groups is 2. The number of carboxylic acid groups (broad SMARTS) is 1. The Morgan fingerprint density at radius 3 is 2.41 bits per heavy atom. The topological polar surface area (TPSA) is 84.2 Å². The van der Waals surface area contributed by atoms with Gasteiger partial charge in [0.2, 0.25) is 0 Å². The Labute approximate surface area is 181 Å². The van der Waals surface area contributed by atoms with E-state index < -0.39 is 17.7 Å². The Bertz CT molecular complexity index is 1210. The van der Waals surface area contributed by atoms with Crippen LogP contribution in [0.4, 0.5) is 13.2 Å². The minimum absolute atomic E-state index is 0.125. The van der Waals surface area contributed by atoms with Crippen molar-refractivity contribution in [1.29, 1.82) is 0 Å². The highest BCUT2D eigenvalue weighted by atomic mass is 19.4. The van der Waals surface area contributed by atoms with Crippen molar-refractivity contribution in [3.05, 3.63) is 65.5 Å². The number of nitrogens with one attached hydrogen (secondary N) is 1. The molecule has 0 unspecified atom stereocenters. The van der Waals surface area contributed by atoms with Crippen molar-refractivity contribution < 1.29 is 27.9 Å². The summed E-state index contributed by atoms with van der Waals surface area (Å²) in [4.78, 5) is 28.4. The molecule has 166 valence electrons. The third kappa shape index (κ3) is 3.41. The van der Waals surface area contributed by atoms with Gasteiger partial charge in [-0.05, 0) is 54.5 Å². The normalized spacial score (nSPS) is 24.0. The van der Waals surface area contributed by atoms with Crippen molar-refractivity contribution >= 4 is 22.9 Å². The molecule has 0 atom stereocenters. The minimum atomic E-state index is -4.39. The standard InChI is InChI=1S/C23H20F3N3O3/c24-23(25,26)15-3-1-14(2-4-15)10-29-8-6-17-19(29)16(5-7-27-17)20(32)28-22-11-21(12-22,13-22)9-18(30)31/h1-8H,9-13H2,(H,28,32)(H,30,31). The lowest BCUT2D eigenvalue weighted by atomic mass is 9.38. The van der Waals surface area contributed by atoms with Gasteiger partial charge in [0.15, 0.2) is 0 Å². The van der Waals surface area contributed by atoms with Crippen molar-refractivity contribution in [2.24, 2.45) is 5.41 Å². The van der Waals surface area contributed by atoms with Crippen LogP contribution in [0.3, 0.4) is 0 Å². The number of benzene rings is 1. The summed E-state index contributed by atoms with van der Waals surface area (Å²) in [6, 6.07) is 8.33. The highest BCUT2D eigenvalue weighted by Gasteiger charge is 2.68. The van der Waals surface area contributed by atoms with Crippen LogP contribution in [-0.4, -0.2) is 32.1 Å². The van der Waals surface area contributed by atoms with Gasteiger partial charge in [-0.15, -0.1) is 0 Å². The van der Waals surface area contributed by atoms with Gasteiger partial charge in [-0.25, -0.2) is 0 Å². The molecule has 3 aliphatic carbocycles. The van der Waals surface area contributed by atoms with E-state index in [4.69, 9.17) is 5.11 Å². The van der Waals surface area contributed by atoms with Crippen molar-refractivity contribution in [1.82, 2.24) is 14.9 Å². The molecular formula is C23H20F3N3O3. The van der Waals surface area contributed by atoms with Crippen LogP contribution in [0, 0.1) is 5.41 Å². The first kappa shape index (κ1) is 20.5. The van der Waals surface area contributed by atoms with Gasteiger partial charge in [0.1, 0.15) is 0 Å². The van der Waals surface area contributed by atoms with Crippen LogP contribution in [0.25, 0.3) is 11.0 Å². The van der Waals surface area contributed by atoms with Crippen LogP contribution in [0.2, 0.25) is 0 Å². The van der Waals surface area contributed by atoms with Gasteiger partial charge < -0.3 is 15.0 Å². The Hall–Kier alpha value is -3.36. The fourth-order valence-corrected chi connectivity index (χ4v) is 5.39. The molecule has 6 rings (SSSR count). The van der Waals surface area contributed by atoms with Crippen molar-refractivity contribution in [2.75, 3.05) is 0 Å². The molecule has 3 saturated carbocycles. The SMILES string of the molecule is O=C(O)CC12CC(NC(=O)c3ccnc4ccn(Cc5ccc(C(F)(F)F)cc5)c34)(C1)C2. The first-order valence-corrected chi connectivity index (χ1v) is 10.2. The minimum Gasteiger partial charge on any atom is -0.481 e. The average molecular weight is 443 g/mol. The molecule has 9 heteroatoms. The van der Waals surface area contributed by atoms with Crippen molar-refractivity contribution in [3.63, 3.8) is 0 Å². The van der Waals surface area contributed by atoms with Crippen LogP contribution < -0.4 is 5.32 Å². The number of nitrogens with zero attached hydrogens (tertiary/aromatic N) is 2. The number of pyridine rings is 1. The number of carbonyl (C=O) groups excluding carboxylic acids is 1. The van der Waals surface area contributed by atoms with Crippen LogP contribution >= 0.6 is 0 Å². The quantitative estimate of drug-likeness (QED) is 0.597. The predicted molar refractivity (Wildman–Crippen MR) is 109 cm³/mol. The van der Waals surface area contributed by atoms with Gasteiger partial charge in [-0.3, -0.25) is 14.6 Å². The molecule has 3 aromatic rings. The molecule has 2 heterocycles. The number of aliphatic carboxylic acids is 1. The third-order valence-electron chi connectivity index (χ3n) is 6.58. The largest absolute Gasteiger partial charge is 0.481 e. The summed E-state index contributed by atoms with van der Waals surface area (Å²) >= 11 is 0. The molecule has 0 saturated heterocycles. The molecule has 2 aromatic heterocycles. The lowest BCUT2D eigenvalue weighted by Crippen LogP contribution is -2.75. The second-order valence-corrected chi connectivity index (χ2v) is 9.07. The molecule has 32 heavy (non-hydrogen) atoms. The third-order valence-corrected chi connectivity index (χ3v) is 6.58. The van der Waals surface area contributed by atoms with E-state index in [1.165, 1.54) is 12.1 Å². The summed E-state index contributed by atoms with van der Waals surface area (Å²) in [5.41, 5.74) is 1.09. The number of amides is 1. The van der Waals surface area contributed by atoms with Crippen LogP contribution in [0.5, 0.6) is 0 Å². The van der Waals surface area contributed by atoms with Crippen LogP contribution in [-0.2, 0) is 17.5 Å².